The van der Waals surface area contributed by atoms with Gasteiger partial charge in [0, 0.05) is 12.1 Å². The second-order valence-corrected chi connectivity index (χ2v) is 5.80. The van der Waals surface area contributed by atoms with E-state index in [9.17, 15) is 0 Å². The minimum atomic E-state index is 0. The summed E-state index contributed by atoms with van der Waals surface area (Å²) < 4.78 is 0. The normalized spacial score (nSPS) is 40.1. The highest BCUT2D eigenvalue weighted by atomic mass is 19.0. The molecule has 2 nitrogen and oxygen atoms in total. The SMILES string of the molecule is F.NC1CCC(CC2CCC(N)CC2)CC1. The van der Waals surface area contributed by atoms with Gasteiger partial charge in [0.15, 0.2) is 0 Å². The molecule has 0 bridgehead atoms. The van der Waals surface area contributed by atoms with Crippen LogP contribution in [0, 0.1) is 11.8 Å². The van der Waals surface area contributed by atoms with Gasteiger partial charge in [-0.1, -0.05) is 0 Å². The van der Waals surface area contributed by atoms with Gasteiger partial charge < -0.3 is 11.5 Å². The first-order valence-electron chi connectivity index (χ1n) is 6.75. The minimum absolute atomic E-state index is 0. The van der Waals surface area contributed by atoms with Crippen LogP contribution >= 0.6 is 0 Å². The number of rotatable bonds is 2. The summed E-state index contributed by atoms with van der Waals surface area (Å²) in [4.78, 5) is 0. The summed E-state index contributed by atoms with van der Waals surface area (Å²) in [5.74, 6) is 1.95. The summed E-state index contributed by atoms with van der Waals surface area (Å²) in [5.41, 5.74) is 11.9. The third-order valence-corrected chi connectivity index (χ3v) is 4.45. The Balaban J connectivity index is 0.00000128. The molecule has 0 radical (unpaired) electrons. The third kappa shape index (κ3) is 4.02. The summed E-state index contributed by atoms with van der Waals surface area (Å²) in [6.45, 7) is 0. The molecule has 2 fully saturated rings. The van der Waals surface area contributed by atoms with Gasteiger partial charge >= 0.3 is 0 Å². The highest BCUT2D eigenvalue weighted by Crippen LogP contribution is 2.34. The fourth-order valence-electron chi connectivity index (χ4n) is 3.32. The second-order valence-electron chi connectivity index (χ2n) is 5.80. The van der Waals surface area contributed by atoms with Gasteiger partial charge in [0.25, 0.3) is 0 Å². The van der Waals surface area contributed by atoms with Crippen LogP contribution in [0.5, 0.6) is 0 Å². The topological polar surface area (TPSA) is 52.0 Å². The maximum absolute atomic E-state index is 5.93. The van der Waals surface area contributed by atoms with Crippen molar-refractivity contribution >= 4 is 0 Å². The molecular weight excluding hydrogens is 203 g/mol. The molecule has 2 rings (SSSR count). The Labute approximate surface area is 98.5 Å². The van der Waals surface area contributed by atoms with Gasteiger partial charge in [-0.2, -0.15) is 0 Å². The van der Waals surface area contributed by atoms with E-state index in [1.165, 1.54) is 57.8 Å². The van der Waals surface area contributed by atoms with Gasteiger partial charge in [-0.3, -0.25) is 4.70 Å². The molecule has 0 heterocycles. The van der Waals surface area contributed by atoms with Crippen LogP contribution in [0.3, 0.4) is 0 Å². The zero-order chi connectivity index (χ0) is 10.7. The second kappa shape index (κ2) is 6.55. The van der Waals surface area contributed by atoms with Gasteiger partial charge in [-0.15, -0.1) is 0 Å². The van der Waals surface area contributed by atoms with E-state index in [4.69, 9.17) is 11.5 Å². The molecule has 0 aromatic rings. The zero-order valence-electron chi connectivity index (χ0n) is 10.2. The molecule has 2 aliphatic carbocycles. The Morgan fingerprint density at radius 2 is 0.938 bits per heavy atom. The maximum Gasteiger partial charge on any atom is 0.00390 e. The minimum Gasteiger partial charge on any atom is -0.328 e. The molecule has 0 aromatic carbocycles. The van der Waals surface area contributed by atoms with Gasteiger partial charge in [0.2, 0.25) is 0 Å². The third-order valence-electron chi connectivity index (χ3n) is 4.45. The molecule has 3 heteroatoms. The highest BCUT2D eigenvalue weighted by molar-refractivity contribution is 4.80. The van der Waals surface area contributed by atoms with Crippen molar-refractivity contribution in [2.75, 3.05) is 0 Å². The van der Waals surface area contributed by atoms with Gasteiger partial charge in [0.05, 0.1) is 0 Å². The van der Waals surface area contributed by atoms with Crippen molar-refractivity contribution in [1.29, 1.82) is 0 Å². The molecule has 0 unspecified atom stereocenters. The van der Waals surface area contributed by atoms with E-state index in [1.807, 2.05) is 0 Å². The quantitative estimate of drug-likeness (QED) is 0.766. The number of hydrogen-bond acceptors (Lipinski definition) is 2. The molecule has 0 amide bonds. The summed E-state index contributed by atoms with van der Waals surface area (Å²) >= 11 is 0. The summed E-state index contributed by atoms with van der Waals surface area (Å²) in [6.07, 6.45) is 12.0. The monoisotopic (exact) mass is 230 g/mol. The highest BCUT2D eigenvalue weighted by Gasteiger charge is 2.24. The molecule has 0 atom stereocenters. The average molecular weight is 230 g/mol. The lowest BCUT2D eigenvalue weighted by Crippen LogP contribution is -2.30. The molecule has 0 spiro atoms. The molecule has 16 heavy (non-hydrogen) atoms. The lowest BCUT2D eigenvalue weighted by Gasteiger charge is -2.32. The van der Waals surface area contributed by atoms with Crippen LogP contribution in [0.2, 0.25) is 0 Å². The van der Waals surface area contributed by atoms with Gasteiger partial charge in [-0.25, -0.2) is 0 Å². The Morgan fingerprint density at radius 1 is 0.625 bits per heavy atom. The maximum atomic E-state index is 5.93. The molecular formula is C13H27FN2. The Morgan fingerprint density at radius 3 is 1.25 bits per heavy atom. The van der Waals surface area contributed by atoms with Crippen molar-refractivity contribution in [2.24, 2.45) is 23.3 Å². The average Bonchev–Trinajstić information content (AvgIpc) is 2.25. The van der Waals surface area contributed by atoms with Crippen molar-refractivity contribution in [3.05, 3.63) is 0 Å². The van der Waals surface area contributed by atoms with E-state index in [0.717, 1.165) is 11.8 Å². The van der Waals surface area contributed by atoms with Crippen LogP contribution in [0.25, 0.3) is 0 Å². The van der Waals surface area contributed by atoms with E-state index >= 15 is 0 Å². The van der Waals surface area contributed by atoms with Crippen LogP contribution < -0.4 is 11.5 Å². The van der Waals surface area contributed by atoms with Crippen LogP contribution in [0.15, 0.2) is 0 Å². The molecule has 0 aromatic heterocycles. The zero-order valence-corrected chi connectivity index (χ0v) is 10.2. The summed E-state index contributed by atoms with van der Waals surface area (Å²) in [7, 11) is 0. The van der Waals surface area contributed by atoms with Gasteiger partial charge in [0.1, 0.15) is 0 Å². The first-order chi connectivity index (χ1) is 7.24. The molecule has 0 saturated heterocycles. The van der Waals surface area contributed by atoms with E-state index in [-0.39, 0.29) is 4.70 Å². The van der Waals surface area contributed by atoms with E-state index in [2.05, 4.69) is 0 Å². The van der Waals surface area contributed by atoms with Gasteiger partial charge in [-0.05, 0) is 69.6 Å². The van der Waals surface area contributed by atoms with Crippen LogP contribution in [0.1, 0.15) is 57.8 Å². The van der Waals surface area contributed by atoms with Crippen molar-refractivity contribution in [3.8, 4) is 0 Å². The van der Waals surface area contributed by atoms with Crippen molar-refractivity contribution < 1.29 is 4.70 Å². The van der Waals surface area contributed by atoms with Crippen molar-refractivity contribution in [1.82, 2.24) is 0 Å². The fraction of sp³-hybridized carbons (Fsp3) is 1.00. The van der Waals surface area contributed by atoms with Crippen molar-refractivity contribution in [3.63, 3.8) is 0 Å². The lowest BCUT2D eigenvalue weighted by atomic mass is 9.76. The summed E-state index contributed by atoms with van der Waals surface area (Å²) in [5, 5.41) is 0. The van der Waals surface area contributed by atoms with Crippen LogP contribution in [-0.4, -0.2) is 12.1 Å². The van der Waals surface area contributed by atoms with Crippen molar-refractivity contribution in [2.45, 2.75) is 69.9 Å². The molecule has 0 aliphatic heterocycles. The number of halogens is 1. The van der Waals surface area contributed by atoms with Crippen LogP contribution in [0.4, 0.5) is 4.70 Å². The molecule has 2 saturated carbocycles. The Kier molecular flexibility index (Phi) is 5.70. The largest absolute Gasteiger partial charge is 0.328 e. The molecule has 96 valence electrons. The Bertz CT molecular complexity index is 162. The van der Waals surface area contributed by atoms with E-state index < -0.39 is 0 Å². The first-order valence-corrected chi connectivity index (χ1v) is 6.75. The molecule has 4 N–H and O–H groups in total. The van der Waals surface area contributed by atoms with E-state index in [1.54, 1.807) is 0 Å². The molecule has 2 aliphatic rings. The lowest BCUT2D eigenvalue weighted by molar-refractivity contribution is 0.225. The predicted molar refractivity (Wildman–Crippen MR) is 67.0 cm³/mol. The standard InChI is InChI=1S/C13H26N2.FH/c14-12-5-1-10(2-6-12)9-11-3-7-13(15)8-4-11;/h10-13H,1-9,14-15H2;1H. The summed E-state index contributed by atoms with van der Waals surface area (Å²) in [6, 6.07) is 1.00. The smallest absolute Gasteiger partial charge is 0.00390 e. The predicted octanol–water partition coefficient (Wildman–Crippen LogP) is 2.56. The number of nitrogens with two attached hydrogens (primary N) is 2. The number of hydrogen-bond donors (Lipinski definition) is 2. The van der Waals surface area contributed by atoms with Crippen LogP contribution in [-0.2, 0) is 0 Å². The van der Waals surface area contributed by atoms with E-state index in [0.29, 0.717) is 12.1 Å². The fourth-order valence-corrected chi connectivity index (χ4v) is 3.32. The Hall–Kier alpha value is -0.150. The first kappa shape index (κ1) is 13.9.